The minimum absolute atomic E-state index is 0.444. The smallest absolute Gasteiger partial charge is 0.230 e. The molecule has 9 heteroatoms. The fourth-order valence-electron chi connectivity index (χ4n) is 5.42. The molecule has 2 aliphatic rings. The van der Waals surface area contributed by atoms with Gasteiger partial charge < -0.3 is 24.8 Å². The standard InChI is InChI=1S/C25H37N7OS/c1-18-17-22(34-30-18)28-25-27-21-11-15-32(14-6-16-33-2)23(21)24(29-25)26-19-7-9-20(10-8-19)31-12-4-3-5-13-31/h11,15,17,19-20H,3-10,12-14,16H2,1-2H3,(H2,26,27,28,29)/t19-,20-. The Kier molecular flexibility index (Phi) is 7.61. The van der Waals surface area contributed by atoms with Gasteiger partial charge in [-0.15, -0.1) is 0 Å². The van der Waals surface area contributed by atoms with Gasteiger partial charge in [0.25, 0.3) is 0 Å². The number of likely N-dealkylation sites (tertiary alicyclic amines) is 1. The van der Waals surface area contributed by atoms with Crippen LogP contribution in [0.25, 0.3) is 11.0 Å². The highest BCUT2D eigenvalue weighted by Gasteiger charge is 2.27. The van der Waals surface area contributed by atoms with Crippen molar-refractivity contribution in [1.29, 1.82) is 0 Å². The molecule has 0 atom stereocenters. The molecule has 1 saturated carbocycles. The van der Waals surface area contributed by atoms with E-state index < -0.39 is 0 Å². The Balaban J connectivity index is 1.34. The van der Waals surface area contributed by atoms with Crippen molar-refractivity contribution in [1.82, 2.24) is 23.8 Å². The quantitative estimate of drug-likeness (QED) is 0.406. The second-order valence-electron chi connectivity index (χ2n) is 9.69. The molecule has 0 unspecified atom stereocenters. The molecule has 0 amide bonds. The van der Waals surface area contributed by atoms with Gasteiger partial charge in [-0.1, -0.05) is 6.42 Å². The lowest BCUT2D eigenvalue weighted by Gasteiger charge is -2.39. The summed E-state index contributed by atoms with van der Waals surface area (Å²) >= 11 is 1.44. The van der Waals surface area contributed by atoms with Gasteiger partial charge in [-0.3, -0.25) is 0 Å². The van der Waals surface area contributed by atoms with Crippen molar-refractivity contribution in [3.8, 4) is 0 Å². The Hall–Kier alpha value is -2.23. The number of nitrogens with one attached hydrogen (secondary N) is 2. The zero-order chi connectivity index (χ0) is 23.3. The SMILES string of the molecule is COCCCn1ccc2nc(Nc3cc(C)ns3)nc(N[C@H]3CC[C@H](N4CCCCC4)CC3)c21. The lowest BCUT2D eigenvalue weighted by atomic mass is 9.89. The van der Waals surface area contributed by atoms with Crippen molar-refractivity contribution in [2.75, 3.05) is 37.4 Å². The number of aromatic nitrogens is 4. The fraction of sp³-hybridized carbons (Fsp3) is 0.640. The van der Waals surface area contributed by atoms with Crippen molar-refractivity contribution >= 4 is 39.3 Å². The molecule has 1 aliphatic heterocycles. The van der Waals surface area contributed by atoms with Crippen molar-refractivity contribution < 1.29 is 4.74 Å². The van der Waals surface area contributed by atoms with Gasteiger partial charge in [0, 0.05) is 38.5 Å². The summed E-state index contributed by atoms with van der Waals surface area (Å²) in [4.78, 5) is 12.5. The molecule has 5 rings (SSSR count). The Morgan fingerprint density at radius 1 is 1.12 bits per heavy atom. The normalized spacial score (nSPS) is 21.7. The minimum Gasteiger partial charge on any atom is -0.385 e. The van der Waals surface area contributed by atoms with Crippen LogP contribution < -0.4 is 10.6 Å². The number of methoxy groups -OCH3 is 1. The van der Waals surface area contributed by atoms with Crippen LogP contribution in [0.5, 0.6) is 0 Å². The second kappa shape index (κ2) is 11.0. The number of hydrogen-bond acceptors (Lipinski definition) is 8. The number of hydrogen-bond donors (Lipinski definition) is 2. The first-order valence-corrected chi connectivity index (χ1v) is 13.5. The molecule has 0 bridgehead atoms. The highest BCUT2D eigenvalue weighted by atomic mass is 32.1. The highest BCUT2D eigenvalue weighted by molar-refractivity contribution is 7.10. The average molecular weight is 484 g/mol. The minimum atomic E-state index is 0.444. The van der Waals surface area contributed by atoms with E-state index >= 15 is 0 Å². The molecular weight excluding hydrogens is 446 g/mol. The summed E-state index contributed by atoms with van der Waals surface area (Å²) in [6.45, 7) is 6.21. The van der Waals surface area contributed by atoms with Gasteiger partial charge in [-0.25, -0.2) is 4.98 Å². The second-order valence-corrected chi connectivity index (χ2v) is 10.5. The van der Waals surface area contributed by atoms with Gasteiger partial charge in [0.15, 0.2) is 5.82 Å². The molecular formula is C25H37N7OS. The van der Waals surface area contributed by atoms with Crippen LogP contribution in [0.4, 0.5) is 16.8 Å². The van der Waals surface area contributed by atoms with Crippen LogP contribution in [0.3, 0.4) is 0 Å². The van der Waals surface area contributed by atoms with E-state index in [0.717, 1.165) is 53.2 Å². The molecule has 2 N–H and O–H groups in total. The van der Waals surface area contributed by atoms with Gasteiger partial charge in [-0.2, -0.15) is 9.36 Å². The van der Waals surface area contributed by atoms with Gasteiger partial charge in [-0.05, 0) is 88.6 Å². The number of rotatable bonds is 9. The zero-order valence-corrected chi connectivity index (χ0v) is 21.2. The van der Waals surface area contributed by atoms with Gasteiger partial charge >= 0.3 is 0 Å². The first-order chi connectivity index (χ1) is 16.7. The number of fused-ring (bicyclic) bond motifs is 1. The van der Waals surface area contributed by atoms with E-state index in [4.69, 9.17) is 14.7 Å². The lowest BCUT2D eigenvalue weighted by molar-refractivity contribution is 0.127. The van der Waals surface area contributed by atoms with Crippen molar-refractivity contribution in [2.24, 2.45) is 0 Å². The lowest BCUT2D eigenvalue weighted by Crippen LogP contribution is -2.43. The molecule has 8 nitrogen and oxygen atoms in total. The molecule has 0 aromatic carbocycles. The third kappa shape index (κ3) is 5.53. The van der Waals surface area contributed by atoms with Crippen LogP contribution in [0.15, 0.2) is 18.3 Å². The predicted molar refractivity (Wildman–Crippen MR) is 139 cm³/mol. The summed E-state index contributed by atoms with van der Waals surface area (Å²) < 4.78 is 11.9. The Bertz CT molecular complexity index is 1070. The van der Waals surface area contributed by atoms with E-state index in [1.54, 1.807) is 7.11 Å². The number of anilines is 3. The first-order valence-electron chi connectivity index (χ1n) is 12.8. The van der Waals surface area contributed by atoms with Crippen molar-refractivity contribution in [3.05, 3.63) is 24.0 Å². The van der Waals surface area contributed by atoms with Crippen LogP contribution in [-0.2, 0) is 11.3 Å². The van der Waals surface area contributed by atoms with Crippen LogP contribution >= 0.6 is 11.5 Å². The van der Waals surface area contributed by atoms with E-state index in [0.29, 0.717) is 12.0 Å². The molecule has 0 spiro atoms. The summed E-state index contributed by atoms with van der Waals surface area (Å²) in [5, 5.41) is 8.15. The zero-order valence-electron chi connectivity index (χ0n) is 20.4. The van der Waals surface area contributed by atoms with E-state index in [9.17, 15) is 0 Å². The summed E-state index contributed by atoms with van der Waals surface area (Å²) in [5.74, 6) is 1.55. The van der Waals surface area contributed by atoms with E-state index in [1.807, 2.05) is 13.0 Å². The van der Waals surface area contributed by atoms with Crippen LogP contribution in [0, 0.1) is 6.92 Å². The van der Waals surface area contributed by atoms with Crippen LogP contribution in [-0.4, -0.2) is 62.7 Å². The third-order valence-electron chi connectivity index (χ3n) is 7.17. The summed E-state index contributed by atoms with van der Waals surface area (Å²) in [7, 11) is 1.75. The number of ether oxygens (including phenoxy) is 1. The Labute approximate surface area is 206 Å². The molecule has 3 aromatic rings. The molecule has 2 fully saturated rings. The predicted octanol–water partition coefficient (Wildman–Crippen LogP) is 5.19. The van der Waals surface area contributed by atoms with E-state index in [1.165, 1.54) is 69.6 Å². The molecule has 3 aromatic heterocycles. The van der Waals surface area contributed by atoms with Crippen LogP contribution in [0.1, 0.15) is 57.1 Å². The van der Waals surface area contributed by atoms with Crippen molar-refractivity contribution in [3.63, 3.8) is 0 Å². The summed E-state index contributed by atoms with van der Waals surface area (Å²) in [6.07, 6.45) is 12.1. The molecule has 1 aliphatic carbocycles. The molecule has 184 valence electrons. The molecule has 34 heavy (non-hydrogen) atoms. The molecule has 4 heterocycles. The maximum Gasteiger partial charge on any atom is 0.230 e. The maximum atomic E-state index is 5.27. The Morgan fingerprint density at radius 2 is 1.94 bits per heavy atom. The largest absolute Gasteiger partial charge is 0.385 e. The van der Waals surface area contributed by atoms with Gasteiger partial charge in [0.05, 0.1) is 11.2 Å². The Morgan fingerprint density at radius 3 is 2.68 bits per heavy atom. The fourth-order valence-corrected chi connectivity index (χ4v) is 6.08. The topological polar surface area (TPSA) is 80.1 Å². The van der Waals surface area contributed by atoms with E-state index in [-0.39, 0.29) is 0 Å². The molecule has 0 radical (unpaired) electrons. The first kappa shape index (κ1) is 23.5. The summed E-state index contributed by atoms with van der Waals surface area (Å²) in [5.41, 5.74) is 3.04. The monoisotopic (exact) mass is 483 g/mol. The third-order valence-corrected chi connectivity index (χ3v) is 7.96. The van der Waals surface area contributed by atoms with Crippen LogP contribution in [0.2, 0.25) is 0 Å². The van der Waals surface area contributed by atoms with Gasteiger partial charge in [0.1, 0.15) is 10.5 Å². The number of aryl methyl sites for hydroxylation is 2. The maximum absolute atomic E-state index is 5.27. The average Bonchev–Trinajstić information content (AvgIpc) is 3.46. The molecule has 1 saturated heterocycles. The number of piperidine rings is 1. The van der Waals surface area contributed by atoms with Crippen molar-refractivity contribution in [2.45, 2.75) is 76.9 Å². The highest BCUT2D eigenvalue weighted by Crippen LogP contribution is 2.31. The summed E-state index contributed by atoms with van der Waals surface area (Å²) in [6, 6.07) is 5.32. The van der Waals surface area contributed by atoms with Gasteiger partial charge in [0.2, 0.25) is 5.95 Å². The number of nitrogens with zero attached hydrogens (tertiary/aromatic N) is 5. The van der Waals surface area contributed by atoms with E-state index in [2.05, 4.69) is 36.7 Å².